The second-order valence-electron chi connectivity index (χ2n) is 4.67. The molecule has 5 heteroatoms. The van der Waals surface area contributed by atoms with Crippen LogP contribution in [-0.4, -0.2) is 22.2 Å². The summed E-state index contributed by atoms with van der Waals surface area (Å²) in [6.45, 7) is 0. The molecule has 1 amide bonds. The first-order chi connectivity index (χ1) is 10.7. The predicted molar refractivity (Wildman–Crippen MR) is 84.9 cm³/mol. The van der Waals surface area contributed by atoms with Gasteiger partial charge in [-0.05, 0) is 36.4 Å². The number of carbonyl (C=O) groups excluding carboxylic acids is 1. The molecule has 2 N–H and O–H groups in total. The predicted octanol–water partition coefficient (Wildman–Crippen LogP) is 2.70. The smallest absolute Gasteiger partial charge is 0.271 e. The molecule has 0 saturated carbocycles. The third-order valence-electron chi connectivity index (χ3n) is 3.11. The first-order valence-corrected chi connectivity index (χ1v) is 6.70. The number of nitrogens with one attached hydrogen (secondary N) is 1. The Morgan fingerprint density at radius 1 is 1.05 bits per heavy atom. The highest BCUT2D eigenvalue weighted by atomic mass is 16.3. The van der Waals surface area contributed by atoms with Crippen LogP contribution in [0.2, 0.25) is 0 Å². The Morgan fingerprint density at radius 2 is 1.82 bits per heavy atom. The lowest BCUT2D eigenvalue weighted by Crippen LogP contribution is -2.17. The summed E-state index contributed by atoms with van der Waals surface area (Å²) in [4.78, 5) is 16.3. The van der Waals surface area contributed by atoms with Crippen LogP contribution in [0.1, 0.15) is 16.1 Å². The first kappa shape index (κ1) is 13.8. The molecule has 0 spiro atoms. The van der Waals surface area contributed by atoms with Crippen molar-refractivity contribution in [1.82, 2.24) is 10.4 Å². The fourth-order valence-corrected chi connectivity index (χ4v) is 1.99. The van der Waals surface area contributed by atoms with Crippen LogP contribution in [0.15, 0.2) is 65.8 Å². The lowest BCUT2D eigenvalue weighted by atomic mass is 10.2. The maximum Gasteiger partial charge on any atom is 0.271 e. The van der Waals surface area contributed by atoms with Gasteiger partial charge in [-0.1, -0.05) is 24.3 Å². The van der Waals surface area contributed by atoms with Crippen LogP contribution < -0.4 is 5.43 Å². The second-order valence-corrected chi connectivity index (χ2v) is 4.67. The lowest BCUT2D eigenvalue weighted by molar-refractivity contribution is 0.0955. The minimum absolute atomic E-state index is 0.111. The van der Waals surface area contributed by atoms with E-state index >= 15 is 0 Å². The summed E-state index contributed by atoms with van der Waals surface area (Å²) in [7, 11) is 0. The molecular weight excluding hydrogens is 278 g/mol. The third-order valence-corrected chi connectivity index (χ3v) is 3.11. The molecule has 0 atom stereocenters. The summed E-state index contributed by atoms with van der Waals surface area (Å²) in [5, 5.41) is 14.1. The summed E-state index contributed by atoms with van der Waals surface area (Å²) < 4.78 is 0. The zero-order chi connectivity index (χ0) is 15.4. The average molecular weight is 291 g/mol. The van der Waals surface area contributed by atoms with Crippen LogP contribution in [0.25, 0.3) is 10.9 Å². The van der Waals surface area contributed by atoms with Gasteiger partial charge in [-0.3, -0.25) is 4.79 Å². The van der Waals surface area contributed by atoms with Gasteiger partial charge in [0.15, 0.2) is 0 Å². The van der Waals surface area contributed by atoms with Gasteiger partial charge in [-0.15, -0.1) is 0 Å². The number of fused-ring (bicyclic) bond motifs is 1. The Bertz CT molecular complexity index is 842. The van der Waals surface area contributed by atoms with Crippen molar-refractivity contribution in [3.05, 3.63) is 71.9 Å². The molecule has 3 rings (SSSR count). The number of aromatic hydroxyl groups is 1. The maximum absolute atomic E-state index is 11.8. The molecule has 0 saturated heterocycles. The summed E-state index contributed by atoms with van der Waals surface area (Å²) in [6, 6.07) is 17.5. The number of nitrogens with zero attached hydrogens (tertiary/aromatic N) is 2. The molecule has 22 heavy (non-hydrogen) atoms. The normalized spacial score (nSPS) is 10.9. The topological polar surface area (TPSA) is 74.6 Å². The van der Waals surface area contributed by atoms with E-state index < -0.39 is 0 Å². The van der Waals surface area contributed by atoms with Gasteiger partial charge >= 0.3 is 0 Å². The van der Waals surface area contributed by atoms with Crippen molar-refractivity contribution in [2.45, 2.75) is 0 Å². The molecule has 108 valence electrons. The van der Waals surface area contributed by atoms with Crippen LogP contribution in [0, 0.1) is 0 Å². The van der Waals surface area contributed by atoms with E-state index in [0.717, 1.165) is 10.9 Å². The zero-order valence-corrected chi connectivity index (χ0v) is 11.6. The van der Waals surface area contributed by atoms with E-state index in [1.165, 1.54) is 30.5 Å². The summed E-state index contributed by atoms with van der Waals surface area (Å²) in [6.07, 6.45) is 1.49. The highest BCUT2D eigenvalue weighted by molar-refractivity contribution is 5.95. The first-order valence-electron chi connectivity index (χ1n) is 6.70. The van der Waals surface area contributed by atoms with Crippen molar-refractivity contribution in [2.75, 3.05) is 0 Å². The van der Waals surface area contributed by atoms with E-state index in [4.69, 9.17) is 0 Å². The Hall–Kier alpha value is -3.21. The number of para-hydroxylation sites is 1. The quantitative estimate of drug-likeness (QED) is 0.575. The molecule has 2 aromatic carbocycles. The van der Waals surface area contributed by atoms with Gasteiger partial charge in [0, 0.05) is 10.9 Å². The summed E-state index contributed by atoms with van der Waals surface area (Å²) in [5.41, 5.74) is 4.37. The van der Waals surface area contributed by atoms with Crippen molar-refractivity contribution < 1.29 is 9.90 Å². The van der Waals surface area contributed by atoms with Crippen LogP contribution in [-0.2, 0) is 0 Å². The van der Waals surface area contributed by atoms with Crippen LogP contribution in [0.3, 0.4) is 0 Å². The molecule has 1 aromatic heterocycles. The van der Waals surface area contributed by atoms with E-state index in [1.807, 2.05) is 36.4 Å². The molecule has 0 aliphatic rings. The standard InChI is InChI=1S/C17H13N3O2/c21-15-9-6-13(7-10-15)17(22)20-18-11-14-8-5-12-3-1-2-4-16(12)19-14/h1-11,21H,(H,20,22). The number of hydrogen-bond acceptors (Lipinski definition) is 4. The van der Waals surface area contributed by atoms with Gasteiger partial charge in [-0.2, -0.15) is 5.10 Å². The molecule has 0 fully saturated rings. The number of hydrazone groups is 1. The Kier molecular flexibility index (Phi) is 3.78. The van der Waals surface area contributed by atoms with E-state index in [0.29, 0.717) is 11.3 Å². The maximum atomic E-state index is 11.8. The van der Waals surface area contributed by atoms with Crippen LogP contribution in [0.5, 0.6) is 5.75 Å². The highest BCUT2D eigenvalue weighted by Gasteiger charge is 2.03. The van der Waals surface area contributed by atoms with Gasteiger partial charge < -0.3 is 5.11 Å². The number of hydrogen-bond donors (Lipinski definition) is 2. The Morgan fingerprint density at radius 3 is 2.64 bits per heavy atom. The number of carbonyl (C=O) groups is 1. The minimum Gasteiger partial charge on any atom is -0.508 e. The number of benzene rings is 2. The number of amides is 1. The number of phenols is 1. The van der Waals surface area contributed by atoms with Gasteiger partial charge in [0.05, 0.1) is 17.4 Å². The number of pyridine rings is 1. The van der Waals surface area contributed by atoms with E-state index in [1.54, 1.807) is 0 Å². The van der Waals surface area contributed by atoms with Gasteiger partial charge in [0.2, 0.25) is 0 Å². The van der Waals surface area contributed by atoms with Crippen molar-refractivity contribution >= 4 is 23.0 Å². The number of phenolic OH excluding ortho intramolecular Hbond substituents is 1. The average Bonchev–Trinajstić information content (AvgIpc) is 2.55. The molecule has 3 aromatic rings. The van der Waals surface area contributed by atoms with Gasteiger partial charge in [-0.25, -0.2) is 10.4 Å². The Labute approximate surface area is 126 Å². The van der Waals surface area contributed by atoms with Crippen molar-refractivity contribution in [3.8, 4) is 5.75 Å². The molecule has 1 heterocycles. The molecular formula is C17H13N3O2. The molecule has 0 unspecified atom stereocenters. The van der Waals surface area contributed by atoms with Crippen LogP contribution in [0.4, 0.5) is 0 Å². The third kappa shape index (κ3) is 3.09. The zero-order valence-electron chi connectivity index (χ0n) is 11.6. The molecule has 0 aliphatic heterocycles. The largest absolute Gasteiger partial charge is 0.508 e. The second kappa shape index (κ2) is 6.05. The molecule has 0 radical (unpaired) electrons. The molecule has 0 aliphatic carbocycles. The van der Waals surface area contributed by atoms with Crippen molar-refractivity contribution in [1.29, 1.82) is 0 Å². The monoisotopic (exact) mass is 291 g/mol. The summed E-state index contributed by atoms with van der Waals surface area (Å²) >= 11 is 0. The number of rotatable bonds is 3. The lowest BCUT2D eigenvalue weighted by Gasteiger charge is -2.00. The van der Waals surface area contributed by atoms with E-state index in [2.05, 4.69) is 15.5 Å². The van der Waals surface area contributed by atoms with Gasteiger partial charge in [0.1, 0.15) is 5.75 Å². The van der Waals surface area contributed by atoms with Crippen LogP contribution >= 0.6 is 0 Å². The summed E-state index contributed by atoms with van der Waals surface area (Å²) in [5.74, 6) is -0.238. The molecule has 0 bridgehead atoms. The fourth-order valence-electron chi connectivity index (χ4n) is 1.99. The van der Waals surface area contributed by atoms with Crippen molar-refractivity contribution in [2.24, 2.45) is 5.10 Å². The van der Waals surface area contributed by atoms with E-state index in [-0.39, 0.29) is 11.7 Å². The Balaban J connectivity index is 1.70. The van der Waals surface area contributed by atoms with Gasteiger partial charge in [0.25, 0.3) is 5.91 Å². The highest BCUT2D eigenvalue weighted by Crippen LogP contribution is 2.11. The fraction of sp³-hybridized carbons (Fsp3) is 0. The number of aromatic nitrogens is 1. The minimum atomic E-state index is -0.350. The van der Waals surface area contributed by atoms with E-state index in [9.17, 15) is 9.90 Å². The SMILES string of the molecule is O=C(NN=Cc1ccc2ccccc2n1)c1ccc(O)cc1. The van der Waals surface area contributed by atoms with Crippen molar-refractivity contribution in [3.63, 3.8) is 0 Å². The molecule has 5 nitrogen and oxygen atoms in total.